The van der Waals surface area contributed by atoms with Crippen LogP contribution in [0.2, 0.25) is 0 Å². The van der Waals surface area contributed by atoms with Gasteiger partial charge in [-0.25, -0.2) is 0 Å². The molecule has 0 spiro atoms. The van der Waals surface area contributed by atoms with E-state index in [0.717, 1.165) is 5.56 Å². The molecule has 21 heavy (non-hydrogen) atoms. The maximum absolute atomic E-state index is 5.34. The van der Waals surface area contributed by atoms with Gasteiger partial charge in [-0.1, -0.05) is 72.6 Å². The summed E-state index contributed by atoms with van der Waals surface area (Å²) in [5.41, 5.74) is 3.59. The van der Waals surface area contributed by atoms with Crippen molar-refractivity contribution in [3.63, 3.8) is 0 Å². The van der Waals surface area contributed by atoms with Gasteiger partial charge in [-0.2, -0.15) is 0 Å². The summed E-state index contributed by atoms with van der Waals surface area (Å²) in [7, 11) is 0. The highest BCUT2D eigenvalue weighted by Crippen LogP contribution is 2.23. The Bertz CT molecular complexity index is 568. The molecule has 1 aliphatic carbocycles. The monoisotopic (exact) mass is 278 g/mol. The summed E-state index contributed by atoms with van der Waals surface area (Å²) in [6.07, 6.45) is 8.11. The van der Waals surface area contributed by atoms with Gasteiger partial charge in [0.2, 0.25) is 0 Å². The van der Waals surface area contributed by atoms with Crippen LogP contribution in [-0.4, -0.2) is 6.21 Å². The summed E-state index contributed by atoms with van der Waals surface area (Å²) < 4.78 is 0. The minimum absolute atomic E-state index is 0.505. The molecule has 2 nitrogen and oxygen atoms in total. The summed E-state index contributed by atoms with van der Waals surface area (Å²) in [5.74, 6) is 0.505. The van der Waals surface area contributed by atoms with Gasteiger partial charge in [0, 0.05) is 5.92 Å². The van der Waals surface area contributed by atoms with Crippen molar-refractivity contribution < 1.29 is 4.84 Å². The maximum atomic E-state index is 5.34. The van der Waals surface area contributed by atoms with E-state index >= 15 is 0 Å². The lowest BCUT2D eigenvalue weighted by Crippen LogP contribution is -1.95. The topological polar surface area (TPSA) is 21.6 Å². The highest BCUT2D eigenvalue weighted by Gasteiger charge is 2.13. The van der Waals surface area contributed by atoms with E-state index < -0.39 is 0 Å². The Morgan fingerprint density at radius 3 is 2.29 bits per heavy atom. The van der Waals surface area contributed by atoms with Gasteiger partial charge in [0.15, 0.2) is 0 Å². The molecule has 0 atom stereocenters. The lowest BCUT2D eigenvalue weighted by atomic mass is 10.0. The fourth-order valence-corrected chi connectivity index (χ4v) is 2.70. The van der Waals surface area contributed by atoms with Gasteiger partial charge >= 0.3 is 0 Å². The van der Waals surface area contributed by atoms with Crippen LogP contribution in [0.15, 0.2) is 59.8 Å². The Balaban J connectivity index is 1.52. The van der Waals surface area contributed by atoms with Crippen LogP contribution in [0.25, 0.3) is 11.1 Å². The Morgan fingerprint density at radius 1 is 0.905 bits per heavy atom. The van der Waals surface area contributed by atoms with Crippen molar-refractivity contribution >= 4 is 6.21 Å². The molecular weight excluding hydrogens is 258 g/mol. The van der Waals surface area contributed by atoms with Crippen molar-refractivity contribution in [1.29, 1.82) is 0 Å². The molecule has 0 aromatic heterocycles. The molecule has 0 unspecified atom stereocenters. The predicted octanol–water partition coefficient (Wildman–Crippen LogP) is 4.92. The first kappa shape index (κ1) is 13.9. The minimum Gasteiger partial charge on any atom is -0.391 e. The third-order valence-electron chi connectivity index (χ3n) is 3.95. The number of nitrogens with zero attached hydrogens (tertiary/aromatic N) is 1. The largest absolute Gasteiger partial charge is 0.391 e. The van der Waals surface area contributed by atoms with Crippen molar-refractivity contribution in [2.24, 2.45) is 11.1 Å². The minimum atomic E-state index is 0.505. The zero-order chi connectivity index (χ0) is 14.3. The normalized spacial score (nSPS) is 15.6. The van der Waals surface area contributed by atoms with Crippen LogP contribution < -0.4 is 0 Å². The fourth-order valence-electron chi connectivity index (χ4n) is 2.70. The van der Waals surface area contributed by atoms with Gasteiger partial charge in [0.1, 0.15) is 12.8 Å². The van der Waals surface area contributed by atoms with E-state index in [4.69, 9.17) is 4.84 Å². The van der Waals surface area contributed by atoms with E-state index in [1.165, 1.54) is 36.8 Å². The van der Waals surface area contributed by atoms with E-state index in [9.17, 15) is 0 Å². The average Bonchev–Trinajstić information content (AvgIpc) is 3.06. The molecule has 3 rings (SSSR count). The third-order valence-corrected chi connectivity index (χ3v) is 3.95. The summed E-state index contributed by atoms with van der Waals surface area (Å²) in [4.78, 5) is 5.34. The molecule has 2 aromatic rings. The first-order valence-electron chi connectivity index (χ1n) is 7.64. The van der Waals surface area contributed by atoms with Gasteiger partial charge in [-0.3, -0.25) is 0 Å². The quantitative estimate of drug-likeness (QED) is 0.561. The molecule has 2 aromatic carbocycles. The number of benzene rings is 2. The summed E-state index contributed by atoms with van der Waals surface area (Å²) in [6, 6.07) is 18.8. The number of rotatable bonds is 5. The van der Waals surface area contributed by atoms with Crippen molar-refractivity contribution in [2.75, 3.05) is 0 Å². The van der Waals surface area contributed by atoms with E-state index in [1.807, 2.05) is 6.07 Å². The van der Waals surface area contributed by atoms with Gasteiger partial charge < -0.3 is 4.84 Å². The maximum Gasteiger partial charge on any atom is 0.142 e. The molecule has 2 heteroatoms. The first-order valence-corrected chi connectivity index (χ1v) is 7.64. The van der Waals surface area contributed by atoms with Gasteiger partial charge in [0.05, 0.1) is 0 Å². The van der Waals surface area contributed by atoms with E-state index in [0.29, 0.717) is 12.5 Å². The van der Waals surface area contributed by atoms with Crippen LogP contribution in [0, 0.1) is 5.92 Å². The van der Waals surface area contributed by atoms with Crippen molar-refractivity contribution in [2.45, 2.75) is 32.3 Å². The molecule has 1 fully saturated rings. The second kappa shape index (κ2) is 7.07. The molecule has 0 amide bonds. The molecule has 1 radical (unpaired) electrons. The Kier molecular flexibility index (Phi) is 4.67. The molecule has 0 N–H and O–H groups in total. The summed E-state index contributed by atoms with van der Waals surface area (Å²) >= 11 is 0. The number of hydrogen-bond acceptors (Lipinski definition) is 2. The van der Waals surface area contributed by atoms with E-state index in [-0.39, 0.29) is 0 Å². The van der Waals surface area contributed by atoms with Crippen LogP contribution in [0.4, 0.5) is 0 Å². The standard InChI is InChI=1S/C19H20NO/c1-2-8-18(9-3-1)19-12-10-17(11-13-19)15-21-20-14-16-6-4-5-7-16/h1-3,8-13,16H,4-7,15H2. The zero-order valence-corrected chi connectivity index (χ0v) is 12.2. The second-order valence-corrected chi connectivity index (χ2v) is 5.54. The predicted molar refractivity (Wildman–Crippen MR) is 86.1 cm³/mol. The van der Waals surface area contributed by atoms with Crippen LogP contribution in [0.5, 0.6) is 0 Å². The van der Waals surface area contributed by atoms with Crippen molar-refractivity contribution in [3.05, 3.63) is 60.2 Å². The lowest BCUT2D eigenvalue weighted by Gasteiger charge is -2.04. The molecular formula is C19H20NO. The highest BCUT2D eigenvalue weighted by molar-refractivity contribution is 5.63. The van der Waals surface area contributed by atoms with Crippen molar-refractivity contribution in [3.8, 4) is 11.1 Å². The molecule has 1 aliphatic rings. The smallest absolute Gasteiger partial charge is 0.142 e. The van der Waals surface area contributed by atoms with E-state index in [1.54, 1.807) is 0 Å². The van der Waals surface area contributed by atoms with Crippen LogP contribution >= 0.6 is 0 Å². The fraction of sp³-hybridized carbons (Fsp3) is 0.316. The molecule has 0 heterocycles. The van der Waals surface area contributed by atoms with E-state index in [2.05, 4.69) is 59.9 Å². The zero-order valence-electron chi connectivity index (χ0n) is 12.2. The van der Waals surface area contributed by atoms with Crippen molar-refractivity contribution in [1.82, 2.24) is 0 Å². The number of hydrogen-bond donors (Lipinski definition) is 0. The molecule has 0 aliphatic heterocycles. The first-order chi connectivity index (χ1) is 10.4. The summed E-state index contributed by atoms with van der Waals surface area (Å²) in [6.45, 7) is 0.509. The highest BCUT2D eigenvalue weighted by atomic mass is 16.6. The average molecular weight is 278 g/mol. The van der Waals surface area contributed by atoms with Gasteiger partial charge in [-0.15, -0.1) is 0 Å². The molecule has 0 saturated heterocycles. The van der Waals surface area contributed by atoms with Crippen LogP contribution in [-0.2, 0) is 11.4 Å². The van der Waals surface area contributed by atoms with Crippen LogP contribution in [0.3, 0.4) is 0 Å². The molecule has 107 valence electrons. The Morgan fingerprint density at radius 2 is 1.57 bits per heavy atom. The molecule has 0 bridgehead atoms. The Labute approximate surface area is 126 Å². The summed E-state index contributed by atoms with van der Waals surface area (Å²) in [5, 5.41) is 3.98. The second-order valence-electron chi connectivity index (χ2n) is 5.54. The molecule has 1 saturated carbocycles. The SMILES string of the molecule is [C](=N/OCc1ccc(-c2ccccc2)cc1)/C1CCCC1. The Hall–Kier alpha value is -2.09. The van der Waals surface area contributed by atoms with Gasteiger partial charge in [0.25, 0.3) is 0 Å². The van der Waals surface area contributed by atoms with Crippen LogP contribution in [0.1, 0.15) is 31.2 Å². The third kappa shape index (κ3) is 3.94. The lowest BCUT2D eigenvalue weighted by molar-refractivity contribution is 0.130. The van der Waals surface area contributed by atoms with Gasteiger partial charge in [-0.05, 0) is 29.5 Å².